The number of methoxy groups -OCH3 is 2. The van der Waals surface area contributed by atoms with E-state index in [4.69, 9.17) is 9.47 Å². The molecule has 1 aromatic rings. The second kappa shape index (κ2) is 5.95. The summed E-state index contributed by atoms with van der Waals surface area (Å²) in [5, 5.41) is 2.93. The fraction of sp³-hybridized carbons (Fsp3) is 0.500. The number of rotatable bonds is 5. The van der Waals surface area contributed by atoms with Crippen LogP contribution < -0.4 is 14.8 Å². The number of hydrogen-bond donors (Lipinski definition) is 1. The lowest BCUT2D eigenvalue weighted by Crippen LogP contribution is -2.13. The molecule has 0 unspecified atom stereocenters. The van der Waals surface area contributed by atoms with Crippen molar-refractivity contribution in [1.82, 2.24) is 5.32 Å². The lowest BCUT2D eigenvalue weighted by Gasteiger charge is -2.18. The third-order valence-electron chi connectivity index (χ3n) is 2.55. The number of hydrogen-bond acceptors (Lipinski definition) is 3. The van der Waals surface area contributed by atoms with Crippen molar-refractivity contribution >= 4 is 0 Å². The van der Waals surface area contributed by atoms with Gasteiger partial charge in [-0.2, -0.15) is 13.2 Å². The highest BCUT2D eigenvalue weighted by atomic mass is 19.4. The summed E-state index contributed by atoms with van der Waals surface area (Å²) in [4.78, 5) is 0. The van der Waals surface area contributed by atoms with Crippen molar-refractivity contribution in [2.45, 2.75) is 12.6 Å². The van der Waals surface area contributed by atoms with E-state index >= 15 is 0 Å². The first kappa shape index (κ1) is 14.6. The SMILES string of the molecule is CNCCc1ccc(C(F)(F)F)c(OC)c1OC. The van der Waals surface area contributed by atoms with Gasteiger partial charge >= 0.3 is 6.18 Å². The summed E-state index contributed by atoms with van der Waals surface area (Å²) in [6, 6.07) is 2.44. The molecule has 0 atom stereocenters. The Balaban J connectivity index is 3.27. The minimum atomic E-state index is -4.46. The van der Waals surface area contributed by atoms with Crippen molar-refractivity contribution in [2.75, 3.05) is 27.8 Å². The van der Waals surface area contributed by atoms with E-state index in [1.807, 2.05) is 0 Å². The quantitative estimate of drug-likeness (QED) is 0.885. The molecule has 0 aliphatic rings. The van der Waals surface area contributed by atoms with Crippen molar-refractivity contribution in [3.8, 4) is 11.5 Å². The predicted octanol–water partition coefficient (Wildman–Crippen LogP) is 2.48. The maximum absolute atomic E-state index is 12.8. The molecule has 0 spiro atoms. The summed E-state index contributed by atoms with van der Waals surface area (Å²) in [6.07, 6.45) is -3.89. The zero-order valence-corrected chi connectivity index (χ0v) is 10.5. The van der Waals surface area contributed by atoms with Gasteiger partial charge in [-0.15, -0.1) is 0 Å². The Morgan fingerprint density at radius 3 is 2.17 bits per heavy atom. The molecule has 0 heterocycles. The van der Waals surface area contributed by atoms with Gasteiger partial charge in [0.2, 0.25) is 0 Å². The van der Waals surface area contributed by atoms with Crippen LogP contribution in [-0.4, -0.2) is 27.8 Å². The molecule has 0 saturated heterocycles. The molecule has 1 aromatic carbocycles. The van der Waals surface area contributed by atoms with Crippen LogP contribution in [0.5, 0.6) is 11.5 Å². The first-order chi connectivity index (χ1) is 8.45. The molecule has 1 N–H and O–H groups in total. The minimum Gasteiger partial charge on any atom is -0.493 e. The molecular weight excluding hydrogens is 247 g/mol. The van der Waals surface area contributed by atoms with E-state index in [0.29, 0.717) is 18.5 Å². The molecule has 3 nitrogen and oxygen atoms in total. The third-order valence-corrected chi connectivity index (χ3v) is 2.55. The standard InChI is InChI=1S/C12H16F3NO2/c1-16-7-6-8-4-5-9(12(13,14)15)11(18-3)10(8)17-2/h4-5,16H,6-7H2,1-3H3. The molecule has 0 fully saturated rings. The largest absolute Gasteiger partial charge is 0.493 e. The lowest BCUT2D eigenvalue weighted by atomic mass is 10.1. The van der Waals surface area contributed by atoms with E-state index in [9.17, 15) is 13.2 Å². The van der Waals surface area contributed by atoms with Crippen LogP contribution in [0.15, 0.2) is 12.1 Å². The zero-order chi connectivity index (χ0) is 13.8. The van der Waals surface area contributed by atoms with E-state index in [0.717, 1.165) is 6.07 Å². The highest BCUT2D eigenvalue weighted by Crippen LogP contribution is 2.43. The summed E-state index contributed by atoms with van der Waals surface area (Å²) in [5.74, 6) is -0.124. The van der Waals surface area contributed by atoms with Crippen molar-refractivity contribution < 1.29 is 22.6 Å². The normalized spacial score (nSPS) is 11.4. The Hall–Kier alpha value is -1.43. The predicted molar refractivity (Wildman–Crippen MR) is 62.2 cm³/mol. The smallest absolute Gasteiger partial charge is 0.420 e. The van der Waals surface area contributed by atoms with Gasteiger partial charge < -0.3 is 14.8 Å². The summed E-state index contributed by atoms with van der Waals surface area (Å²) < 4.78 is 48.3. The Morgan fingerprint density at radius 2 is 1.72 bits per heavy atom. The van der Waals surface area contributed by atoms with Crippen LogP contribution in [0.4, 0.5) is 13.2 Å². The molecule has 1 rings (SSSR count). The van der Waals surface area contributed by atoms with E-state index in [1.165, 1.54) is 20.3 Å². The van der Waals surface area contributed by atoms with Gasteiger partial charge in [0.05, 0.1) is 14.2 Å². The van der Waals surface area contributed by atoms with Gasteiger partial charge in [-0.05, 0) is 31.6 Å². The topological polar surface area (TPSA) is 30.5 Å². The number of benzene rings is 1. The minimum absolute atomic E-state index is 0.141. The Morgan fingerprint density at radius 1 is 1.11 bits per heavy atom. The van der Waals surface area contributed by atoms with Gasteiger partial charge in [0.15, 0.2) is 11.5 Å². The number of nitrogens with one attached hydrogen (secondary N) is 1. The molecule has 18 heavy (non-hydrogen) atoms. The molecule has 102 valence electrons. The highest BCUT2D eigenvalue weighted by Gasteiger charge is 2.36. The number of halogens is 3. The Labute approximate surface area is 104 Å². The molecule has 0 aliphatic heterocycles. The molecule has 0 amide bonds. The van der Waals surface area contributed by atoms with Crippen LogP contribution >= 0.6 is 0 Å². The Bertz CT molecular complexity index is 405. The second-order valence-electron chi connectivity index (χ2n) is 3.69. The second-order valence-corrected chi connectivity index (χ2v) is 3.69. The van der Waals surface area contributed by atoms with Crippen molar-refractivity contribution in [2.24, 2.45) is 0 Å². The zero-order valence-electron chi connectivity index (χ0n) is 10.5. The van der Waals surface area contributed by atoms with Gasteiger partial charge in [0.25, 0.3) is 0 Å². The Kier molecular flexibility index (Phi) is 4.84. The first-order valence-corrected chi connectivity index (χ1v) is 5.41. The van der Waals surface area contributed by atoms with E-state index in [1.54, 1.807) is 7.05 Å². The van der Waals surface area contributed by atoms with Crippen LogP contribution in [0.25, 0.3) is 0 Å². The molecule has 6 heteroatoms. The summed E-state index contributed by atoms with van der Waals surface area (Å²) in [6.45, 7) is 0.644. The van der Waals surface area contributed by atoms with Gasteiger partial charge in [-0.1, -0.05) is 6.07 Å². The van der Waals surface area contributed by atoms with E-state index < -0.39 is 11.7 Å². The summed E-state index contributed by atoms with van der Waals surface area (Å²) in [5.41, 5.74) is -0.147. The van der Waals surface area contributed by atoms with Crippen LogP contribution in [0.1, 0.15) is 11.1 Å². The molecule has 0 saturated carbocycles. The highest BCUT2D eigenvalue weighted by molar-refractivity contribution is 5.53. The molecule has 0 aliphatic carbocycles. The molecule has 0 aromatic heterocycles. The monoisotopic (exact) mass is 263 g/mol. The van der Waals surface area contributed by atoms with Gasteiger partial charge in [0, 0.05) is 0 Å². The van der Waals surface area contributed by atoms with Crippen molar-refractivity contribution in [3.05, 3.63) is 23.3 Å². The maximum Gasteiger partial charge on any atom is 0.420 e. The van der Waals surface area contributed by atoms with E-state index in [-0.39, 0.29) is 11.5 Å². The lowest BCUT2D eigenvalue weighted by molar-refractivity contribution is -0.138. The van der Waals surface area contributed by atoms with Gasteiger partial charge in [0.1, 0.15) is 5.56 Å². The number of likely N-dealkylation sites (N-methyl/N-ethyl adjacent to an activating group) is 1. The van der Waals surface area contributed by atoms with Crippen LogP contribution in [0.2, 0.25) is 0 Å². The summed E-state index contributed by atoms with van der Waals surface area (Å²) in [7, 11) is 4.31. The van der Waals surface area contributed by atoms with Crippen LogP contribution in [0, 0.1) is 0 Å². The van der Waals surface area contributed by atoms with Gasteiger partial charge in [-0.25, -0.2) is 0 Å². The van der Waals surface area contributed by atoms with Crippen LogP contribution in [-0.2, 0) is 12.6 Å². The fourth-order valence-electron chi connectivity index (χ4n) is 1.71. The molecule has 0 bridgehead atoms. The maximum atomic E-state index is 12.8. The van der Waals surface area contributed by atoms with Gasteiger partial charge in [-0.3, -0.25) is 0 Å². The van der Waals surface area contributed by atoms with Crippen molar-refractivity contribution in [3.63, 3.8) is 0 Å². The number of ether oxygens (including phenoxy) is 2. The number of alkyl halides is 3. The summed E-state index contributed by atoms with van der Waals surface area (Å²) >= 11 is 0. The van der Waals surface area contributed by atoms with Crippen LogP contribution in [0.3, 0.4) is 0 Å². The molecule has 0 radical (unpaired) electrons. The van der Waals surface area contributed by atoms with E-state index in [2.05, 4.69) is 5.32 Å². The fourth-order valence-corrected chi connectivity index (χ4v) is 1.71. The van der Waals surface area contributed by atoms with Crippen molar-refractivity contribution in [1.29, 1.82) is 0 Å². The molecular formula is C12H16F3NO2. The third kappa shape index (κ3) is 3.07. The average molecular weight is 263 g/mol. The first-order valence-electron chi connectivity index (χ1n) is 5.41. The average Bonchev–Trinajstić information content (AvgIpc) is 2.33.